The lowest BCUT2D eigenvalue weighted by atomic mass is 10.2. The number of esters is 1. The molecule has 6 nitrogen and oxygen atoms in total. The van der Waals surface area contributed by atoms with E-state index in [0.717, 1.165) is 5.56 Å². The molecule has 0 spiro atoms. The maximum absolute atomic E-state index is 11.9. The first-order chi connectivity index (χ1) is 12.0. The van der Waals surface area contributed by atoms with Crippen molar-refractivity contribution in [3.63, 3.8) is 0 Å². The van der Waals surface area contributed by atoms with Gasteiger partial charge in [0.2, 0.25) is 5.90 Å². The number of halogens is 1. The molecule has 1 aliphatic rings. The number of aliphatic imine (C=N–C) groups is 1. The van der Waals surface area contributed by atoms with Crippen LogP contribution in [0.25, 0.3) is 6.08 Å². The first-order valence-corrected chi connectivity index (χ1v) is 7.61. The molecule has 0 radical (unpaired) electrons. The molecule has 7 heteroatoms. The van der Waals surface area contributed by atoms with E-state index in [1.54, 1.807) is 48.6 Å². The van der Waals surface area contributed by atoms with E-state index in [4.69, 9.17) is 16.3 Å². The van der Waals surface area contributed by atoms with Crippen LogP contribution >= 0.6 is 11.6 Å². The van der Waals surface area contributed by atoms with Crippen molar-refractivity contribution in [3.8, 4) is 0 Å². The molecule has 124 valence electrons. The molecule has 0 fully saturated rings. The van der Waals surface area contributed by atoms with Crippen LogP contribution in [-0.4, -0.2) is 16.8 Å². The zero-order chi connectivity index (χ0) is 17.8. The number of nitro benzene ring substituents is 1. The number of carbonyl (C=O) groups is 1. The summed E-state index contributed by atoms with van der Waals surface area (Å²) in [5, 5.41) is 11.1. The van der Waals surface area contributed by atoms with Crippen molar-refractivity contribution in [2.75, 3.05) is 0 Å². The third kappa shape index (κ3) is 3.81. The molecule has 2 aromatic rings. The van der Waals surface area contributed by atoms with Crippen molar-refractivity contribution in [1.29, 1.82) is 0 Å². The number of cyclic esters (lactones) is 1. The Morgan fingerprint density at radius 3 is 2.52 bits per heavy atom. The number of hydrogen-bond donors (Lipinski definition) is 0. The summed E-state index contributed by atoms with van der Waals surface area (Å²) in [7, 11) is 0. The Balaban J connectivity index is 1.78. The molecule has 2 aromatic carbocycles. The standard InChI is InChI=1S/C18H11ClN2O4/c19-15-6-2-1-5-14(15)17-20-16(18(22)25-17)7-3-4-12-8-10-13(11-9-12)21(23)24/h1-11H/b4-3+,16-7+. The van der Waals surface area contributed by atoms with Gasteiger partial charge in [0, 0.05) is 12.1 Å². The molecule has 3 rings (SSSR count). The molecule has 0 atom stereocenters. The number of ether oxygens (including phenoxy) is 1. The molecule has 0 saturated carbocycles. The highest BCUT2D eigenvalue weighted by Gasteiger charge is 2.24. The zero-order valence-electron chi connectivity index (χ0n) is 12.8. The molecule has 0 aliphatic carbocycles. The molecular weight excluding hydrogens is 344 g/mol. The zero-order valence-corrected chi connectivity index (χ0v) is 13.5. The minimum Gasteiger partial charge on any atom is -0.402 e. The van der Waals surface area contributed by atoms with Gasteiger partial charge < -0.3 is 4.74 Å². The second kappa shape index (κ2) is 7.11. The lowest BCUT2D eigenvalue weighted by Gasteiger charge is -2.00. The fourth-order valence-electron chi connectivity index (χ4n) is 2.13. The Labute approximate surface area is 147 Å². The fourth-order valence-corrected chi connectivity index (χ4v) is 2.35. The molecule has 1 heterocycles. The SMILES string of the molecule is O=C1OC(c2ccccc2Cl)=N/C1=C/C=C/c1ccc([N+](=O)[O-])cc1. The first-order valence-electron chi connectivity index (χ1n) is 7.23. The Morgan fingerprint density at radius 2 is 1.84 bits per heavy atom. The molecule has 0 unspecified atom stereocenters. The first kappa shape index (κ1) is 16.6. The summed E-state index contributed by atoms with van der Waals surface area (Å²) in [5.74, 6) is -0.408. The van der Waals surface area contributed by atoms with Crippen LogP contribution in [0.1, 0.15) is 11.1 Å². The van der Waals surface area contributed by atoms with Crippen LogP contribution in [0.4, 0.5) is 5.69 Å². The number of hydrogen-bond acceptors (Lipinski definition) is 5. The van der Waals surface area contributed by atoms with Crippen LogP contribution in [0.2, 0.25) is 5.02 Å². The van der Waals surface area contributed by atoms with E-state index < -0.39 is 10.9 Å². The van der Waals surface area contributed by atoms with Crippen LogP contribution in [0.15, 0.2) is 71.4 Å². The topological polar surface area (TPSA) is 81.8 Å². The lowest BCUT2D eigenvalue weighted by Crippen LogP contribution is -2.05. The van der Waals surface area contributed by atoms with Gasteiger partial charge in [0.15, 0.2) is 5.70 Å². The summed E-state index contributed by atoms with van der Waals surface area (Å²) in [4.78, 5) is 26.2. The van der Waals surface area contributed by atoms with Crippen molar-refractivity contribution < 1.29 is 14.5 Å². The van der Waals surface area contributed by atoms with Crippen molar-refractivity contribution in [3.05, 3.63) is 92.6 Å². The van der Waals surface area contributed by atoms with Crippen molar-refractivity contribution in [1.82, 2.24) is 0 Å². The quantitative estimate of drug-likeness (QED) is 0.357. The van der Waals surface area contributed by atoms with Crippen molar-refractivity contribution >= 4 is 35.2 Å². The van der Waals surface area contributed by atoms with Gasteiger partial charge in [-0.15, -0.1) is 0 Å². The smallest absolute Gasteiger partial charge is 0.363 e. The molecule has 0 bridgehead atoms. The summed E-state index contributed by atoms with van der Waals surface area (Å²) in [6.45, 7) is 0. The average molecular weight is 355 g/mol. The predicted molar refractivity (Wildman–Crippen MR) is 94.3 cm³/mol. The van der Waals surface area contributed by atoms with Gasteiger partial charge in [0.1, 0.15) is 0 Å². The normalized spacial score (nSPS) is 15.5. The van der Waals surface area contributed by atoms with E-state index in [1.807, 2.05) is 0 Å². The van der Waals surface area contributed by atoms with E-state index >= 15 is 0 Å². The molecule has 25 heavy (non-hydrogen) atoms. The maximum atomic E-state index is 11.9. The number of carbonyl (C=O) groups excluding carboxylic acids is 1. The summed E-state index contributed by atoms with van der Waals surface area (Å²) >= 11 is 6.07. The second-order valence-corrected chi connectivity index (χ2v) is 5.45. The number of allylic oxidation sites excluding steroid dienone is 2. The van der Waals surface area contributed by atoms with Crippen LogP contribution in [0.3, 0.4) is 0 Å². The van der Waals surface area contributed by atoms with Gasteiger partial charge in [0.05, 0.1) is 15.5 Å². The van der Waals surface area contributed by atoms with Crippen LogP contribution in [-0.2, 0) is 9.53 Å². The third-order valence-corrected chi connectivity index (χ3v) is 3.70. The van der Waals surface area contributed by atoms with Gasteiger partial charge in [-0.25, -0.2) is 9.79 Å². The summed E-state index contributed by atoms with van der Waals surface area (Å²) in [5.41, 5.74) is 1.46. The number of benzene rings is 2. The Hall–Kier alpha value is -3.25. The minimum atomic E-state index is -0.566. The number of nitrogens with zero attached hydrogens (tertiary/aromatic N) is 2. The number of non-ortho nitro benzene ring substituents is 1. The fraction of sp³-hybridized carbons (Fsp3) is 0. The highest BCUT2D eigenvalue weighted by molar-refractivity contribution is 6.34. The van der Waals surface area contributed by atoms with Crippen LogP contribution in [0, 0.1) is 10.1 Å². The summed E-state index contributed by atoms with van der Waals surface area (Å²) in [6, 6.07) is 13.0. The van der Waals surface area contributed by atoms with Gasteiger partial charge in [-0.3, -0.25) is 10.1 Å². The highest BCUT2D eigenvalue weighted by Crippen LogP contribution is 2.22. The maximum Gasteiger partial charge on any atom is 0.363 e. The third-order valence-electron chi connectivity index (χ3n) is 3.37. The molecule has 0 saturated heterocycles. The summed E-state index contributed by atoms with van der Waals surface area (Å²) in [6.07, 6.45) is 4.83. The predicted octanol–water partition coefficient (Wildman–Crippen LogP) is 4.15. The molecular formula is C18H11ClN2O4. The molecule has 0 amide bonds. The molecule has 1 aliphatic heterocycles. The molecule has 0 N–H and O–H groups in total. The van der Waals surface area contributed by atoms with Gasteiger partial charge in [-0.2, -0.15) is 0 Å². The highest BCUT2D eigenvalue weighted by atomic mass is 35.5. The van der Waals surface area contributed by atoms with Crippen LogP contribution < -0.4 is 0 Å². The van der Waals surface area contributed by atoms with Gasteiger partial charge in [-0.1, -0.05) is 35.9 Å². The van der Waals surface area contributed by atoms with E-state index in [0.29, 0.717) is 10.6 Å². The van der Waals surface area contributed by atoms with E-state index in [2.05, 4.69) is 4.99 Å². The van der Waals surface area contributed by atoms with Crippen LogP contribution in [0.5, 0.6) is 0 Å². The second-order valence-electron chi connectivity index (χ2n) is 5.05. The van der Waals surface area contributed by atoms with Gasteiger partial charge >= 0.3 is 5.97 Å². The molecule has 0 aromatic heterocycles. The van der Waals surface area contributed by atoms with E-state index in [1.165, 1.54) is 18.2 Å². The van der Waals surface area contributed by atoms with Crippen molar-refractivity contribution in [2.24, 2.45) is 4.99 Å². The number of rotatable bonds is 4. The Morgan fingerprint density at radius 1 is 1.12 bits per heavy atom. The Kier molecular flexibility index (Phi) is 4.72. The lowest BCUT2D eigenvalue weighted by molar-refractivity contribution is -0.384. The van der Waals surface area contributed by atoms with Gasteiger partial charge in [0.25, 0.3) is 5.69 Å². The van der Waals surface area contributed by atoms with E-state index in [9.17, 15) is 14.9 Å². The largest absolute Gasteiger partial charge is 0.402 e. The number of nitro groups is 1. The minimum absolute atomic E-state index is 0.0175. The monoisotopic (exact) mass is 354 g/mol. The Bertz CT molecular complexity index is 930. The van der Waals surface area contributed by atoms with Crippen molar-refractivity contribution in [2.45, 2.75) is 0 Å². The summed E-state index contributed by atoms with van der Waals surface area (Å²) < 4.78 is 5.14. The van der Waals surface area contributed by atoms with E-state index in [-0.39, 0.29) is 17.3 Å². The van der Waals surface area contributed by atoms with Gasteiger partial charge in [-0.05, 0) is 35.9 Å². The average Bonchev–Trinajstić information content (AvgIpc) is 2.96.